The molecule has 0 saturated heterocycles. The molecule has 2 aromatic carbocycles. The van der Waals surface area contributed by atoms with Crippen molar-refractivity contribution in [1.82, 2.24) is 0 Å². The highest BCUT2D eigenvalue weighted by molar-refractivity contribution is 5.86. The maximum Gasteiger partial charge on any atom is -0.0178 e. The van der Waals surface area contributed by atoms with Crippen molar-refractivity contribution in [3.05, 3.63) is 66.3 Å². The molecule has 0 aliphatic heterocycles. The van der Waals surface area contributed by atoms with E-state index in [4.69, 9.17) is 0 Å². The molecular formula is C21H26. The molecule has 2 rings (SSSR count). The molecule has 110 valence electrons. The summed E-state index contributed by atoms with van der Waals surface area (Å²) in [6, 6.07) is 15.3. The molecule has 0 amide bonds. The van der Waals surface area contributed by atoms with Crippen LogP contribution < -0.4 is 0 Å². The zero-order valence-electron chi connectivity index (χ0n) is 13.3. The SMILES string of the molecule is CCC=CCCCCC=C(C)c1ccc2ccccc2c1. The fourth-order valence-corrected chi connectivity index (χ4v) is 2.56. The summed E-state index contributed by atoms with van der Waals surface area (Å²) in [7, 11) is 0. The van der Waals surface area contributed by atoms with Crippen molar-refractivity contribution in [2.24, 2.45) is 0 Å². The number of rotatable bonds is 7. The Hall–Kier alpha value is -1.82. The Kier molecular flexibility index (Phi) is 6.27. The smallest absolute Gasteiger partial charge is 0.0178 e. The van der Waals surface area contributed by atoms with Gasteiger partial charge in [0.25, 0.3) is 0 Å². The Morgan fingerprint density at radius 2 is 1.67 bits per heavy atom. The molecule has 0 radical (unpaired) electrons. The van der Waals surface area contributed by atoms with Gasteiger partial charge in [-0.3, -0.25) is 0 Å². The molecule has 0 aliphatic rings. The van der Waals surface area contributed by atoms with Gasteiger partial charge in [-0.1, -0.05) is 61.5 Å². The highest BCUT2D eigenvalue weighted by atomic mass is 14.0. The van der Waals surface area contributed by atoms with Crippen molar-refractivity contribution in [2.45, 2.75) is 46.0 Å². The first-order valence-corrected chi connectivity index (χ1v) is 8.12. The summed E-state index contributed by atoms with van der Waals surface area (Å²) < 4.78 is 0. The lowest BCUT2D eigenvalue weighted by atomic mass is 10.0. The van der Waals surface area contributed by atoms with Gasteiger partial charge in [0.05, 0.1) is 0 Å². The van der Waals surface area contributed by atoms with E-state index in [1.165, 1.54) is 47.6 Å². The molecule has 0 aliphatic carbocycles. The number of benzene rings is 2. The Morgan fingerprint density at radius 1 is 0.905 bits per heavy atom. The lowest BCUT2D eigenvalue weighted by Crippen LogP contribution is -1.82. The zero-order valence-corrected chi connectivity index (χ0v) is 13.3. The summed E-state index contributed by atoms with van der Waals surface area (Å²) >= 11 is 0. The van der Waals surface area contributed by atoms with E-state index in [9.17, 15) is 0 Å². The molecule has 0 heterocycles. The van der Waals surface area contributed by atoms with E-state index >= 15 is 0 Å². The van der Waals surface area contributed by atoms with Crippen molar-refractivity contribution in [1.29, 1.82) is 0 Å². The van der Waals surface area contributed by atoms with Gasteiger partial charge < -0.3 is 0 Å². The average Bonchev–Trinajstić information content (AvgIpc) is 2.53. The van der Waals surface area contributed by atoms with E-state index in [-0.39, 0.29) is 0 Å². The molecule has 0 saturated carbocycles. The van der Waals surface area contributed by atoms with Gasteiger partial charge in [0.1, 0.15) is 0 Å². The van der Waals surface area contributed by atoms with E-state index in [0.29, 0.717) is 0 Å². The van der Waals surface area contributed by atoms with Crippen LogP contribution in [0.15, 0.2) is 60.7 Å². The van der Waals surface area contributed by atoms with Crippen LogP contribution >= 0.6 is 0 Å². The fraction of sp³-hybridized carbons (Fsp3) is 0.333. The molecule has 0 N–H and O–H groups in total. The Morgan fingerprint density at radius 3 is 2.48 bits per heavy atom. The Bertz CT molecular complexity index is 617. The van der Waals surface area contributed by atoms with Gasteiger partial charge in [-0.2, -0.15) is 0 Å². The molecule has 21 heavy (non-hydrogen) atoms. The molecule has 0 spiro atoms. The average molecular weight is 278 g/mol. The second-order valence-electron chi connectivity index (χ2n) is 5.61. The number of hydrogen-bond donors (Lipinski definition) is 0. The van der Waals surface area contributed by atoms with Crippen molar-refractivity contribution in [2.75, 3.05) is 0 Å². The molecule has 0 unspecified atom stereocenters. The first-order chi connectivity index (χ1) is 10.3. The quantitative estimate of drug-likeness (QED) is 0.387. The van der Waals surface area contributed by atoms with E-state index < -0.39 is 0 Å². The normalized spacial score (nSPS) is 12.4. The van der Waals surface area contributed by atoms with Crippen LogP contribution in [-0.2, 0) is 0 Å². The van der Waals surface area contributed by atoms with Crippen LogP contribution in [0.1, 0.15) is 51.5 Å². The summed E-state index contributed by atoms with van der Waals surface area (Å²) in [6.45, 7) is 4.41. The Balaban J connectivity index is 1.90. The molecule has 0 atom stereocenters. The summed E-state index contributed by atoms with van der Waals surface area (Å²) in [6.07, 6.45) is 13.1. The van der Waals surface area contributed by atoms with Gasteiger partial charge in [0.2, 0.25) is 0 Å². The van der Waals surface area contributed by atoms with Crippen LogP contribution in [0.3, 0.4) is 0 Å². The largest absolute Gasteiger partial charge is 0.0888 e. The van der Waals surface area contributed by atoms with Crippen molar-refractivity contribution in [3.8, 4) is 0 Å². The van der Waals surface area contributed by atoms with Crippen molar-refractivity contribution < 1.29 is 0 Å². The molecule has 0 aromatic heterocycles. The number of fused-ring (bicyclic) bond motifs is 1. The summed E-state index contributed by atoms with van der Waals surface area (Å²) in [5.41, 5.74) is 2.74. The number of unbranched alkanes of at least 4 members (excludes halogenated alkanes) is 3. The van der Waals surface area contributed by atoms with Crippen molar-refractivity contribution in [3.63, 3.8) is 0 Å². The number of allylic oxidation sites excluding steroid dienone is 4. The van der Waals surface area contributed by atoms with E-state index in [1.54, 1.807) is 0 Å². The molecule has 0 bridgehead atoms. The predicted octanol–water partition coefficient (Wildman–Crippen LogP) is 6.77. The van der Waals surface area contributed by atoms with Crippen LogP contribution in [0.25, 0.3) is 16.3 Å². The first-order valence-electron chi connectivity index (χ1n) is 8.12. The molecule has 0 fully saturated rings. The van der Waals surface area contributed by atoms with Gasteiger partial charge in [-0.25, -0.2) is 0 Å². The van der Waals surface area contributed by atoms with Crippen LogP contribution in [0.2, 0.25) is 0 Å². The maximum atomic E-state index is 2.38. The lowest BCUT2D eigenvalue weighted by molar-refractivity contribution is 0.761. The summed E-state index contributed by atoms with van der Waals surface area (Å²) in [5, 5.41) is 2.64. The van der Waals surface area contributed by atoms with Gasteiger partial charge in [0.15, 0.2) is 0 Å². The van der Waals surface area contributed by atoms with Gasteiger partial charge in [-0.15, -0.1) is 0 Å². The highest BCUT2D eigenvalue weighted by Crippen LogP contribution is 2.21. The fourth-order valence-electron chi connectivity index (χ4n) is 2.56. The third-order valence-corrected chi connectivity index (χ3v) is 3.88. The minimum absolute atomic E-state index is 1.15. The monoisotopic (exact) mass is 278 g/mol. The third kappa shape index (κ3) is 4.90. The van der Waals surface area contributed by atoms with E-state index in [2.05, 4.69) is 74.5 Å². The lowest BCUT2D eigenvalue weighted by Gasteiger charge is -2.04. The molecule has 2 aromatic rings. The summed E-state index contributed by atoms with van der Waals surface area (Å²) in [5.74, 6) is 0. The highest BCUT2D eigenvalue weighted by Gasteiger charge is 1.98. The zero-order chi connectivity index (χ0) is 14.9. The van der Waals surface area contributed by atoms with Gasteiger partial charge >= 0.3 is 0 Å². The van der Waals surface area contributed by atoms with Crippen LogP contribution in [0.5, 0.6) is 0 Å². The first kappa shape index (κ1) is 15.6. The Labute approximate surface area is 129 Å². The predicted molar refractivity (Wildman–Crippen MR) is 95.5 cm³/mol. The molecule has 0 heteroatoms. The van der Waals surface area contributed by atoms with Crippen LogP contribution in [0.4, 0.5) is 0 Å². The van der Waals surface area contributed by atoms with Crippen LogP contribution in [0, 0.1) is 0 Å². The van der Waals surface area contributed by atoms with Gasteiger partial charge in [0, 0.05) is 0 Å². The van der Waals surface area contributed by atoms with Gasteiger partial charge in [-0.05, 0) is 67.0 Å². The maximum absolute atomic E-state index is 2.38. The number of hydrogen-bond acceptors (Lipinski definition) is 0. The third-order valence-electron chi connectivity index (χ3n) is 3.88. The summed E-state index contributed by atoms with van der Waals surface area (Å²) in [4.78, 5) is 0. The van der Waals surface area contributed by atoms with Crippen molar-refractivity contribution >= 4 is 16.3 Å². The second-order valence-corrected chi connectivity index (χ2v) is 5.61. The second kappa shape index (κ2) is 8.46. The minimum Gasteiger partial charge on any atom is -0.0888 e. The minimum atomic E-state index is 1.15. The molecule has 0 nitrogen and oxygen atoms in total. The van der Waals surface area contributed by atoms with E-state index in [0.717, 1.165) is 6.42 Å². The molecular weight excluding hydrogens is 252 g/mol. The van der Waals surface area contributed by atoms with E-state index in [1.807, 2.05) is 0 Å². The van der Waals surface area contributed by atoms with Crippen LogP contribution in [-0.4, -0.2) is 0 Å². The standard InChI is InChI=1S/C21H26/c1-3-4-5-6-7-8-9-12-18(2)20-16-15-19-13-10-11-14-21(19)17-20/h4-5,10-17H,3,6-9H2,1-2H3. The topological polar surface area (TPSA) is 0 Å².